The molecule has 1 aromatic carbocycles. The summed E-state index contributed by atoms with van der Waals surface area (Å²) >= 11 is 3.60. The Hall–Kier alpha value is -1.30. The first-order chi connectivity index (χ1) is 10.1. The zero-order valence-corrected chi connectivity index (χ0v) is 13.7. The molecule has 0 saturated heterocycles. The Balaban J connectivity index is 2.13. The molecule has 0 atom stereocenters. The van der Waals surface area contributed by atoms with E-state index in [-0.39, 0.29) is 11.1 Å². The molecule has 1 fully saturated rings. The third-order valence-corrected chi connectivity index (χ3v) is 5.28. The van der Waals surface area contributed by atoms with Gasteiger partial charge in [-0.3, -0.25) is 10.1 Å². The Morgan fingerprint density at radius 1 is 1.29 bits per heavy atom. The van der Waals surface area contributed by atoms with Crippen molar-refractivity contribution in [3.63, 3.8) is 0 Å². The summed E-state index contributed by atoms with van der Waals surface area (Å²) in [6.07, 6.45) is 5.93. The van der Waals surface area contributed by atoms with Crippen molar-refractivity contribution < 1.29 is 14.4 Å². The Bertz CT molecular complexity index is 500. The zero-order chi connectivity index (χ0) is 15.3. The standard InChI is InChI=1S/C15H20BrNO4/c1-20-13-6-5-12(17(18)19)9-14(13)21-11-15(10-16)7-3-2-4-8-15/h5-6,9H,2-4,7-8,10-11H2,1H3. The summed E-state index contributed by atoms with van der Waals surface area (Å²) in [7, 11) is 1.54. The van der Waals surface area contributed by atoms with Gasteiger partial charge in [-0.25, -0.2) is 0 Å². The lowest BCUT2D eigenvalue weighted by molar-refractivity contribution is -0.385. The van der Waals surface area contributed by atoms with Gasteiger partial charge in [0.15, 0.2) is 11.5 Å². The molecule has 0 heterocycles. The van der Waals surface area contributed by atoms with E-state index in [0.29, 0.717) is 18.1 Å². The molecule has 1 aromatic rings. The van der Waals surface area contributed by atoms with Crippen molar-refractivity contribution in [2.45, 2.75) is 32.1 Å². The van der Waals surface area contributed by atoms with E-state index in [0.717, 1.165) is 18.2 Å². The van der Waals surface area contributed by atoms with Crippen molar-refractivity contribution >= 4 is 21.6 Å². The lowest BCUT2D eigenvalue weighted by Gasteiger charge is -2.35. The summed E-state index contributed by atoms with van der Waals surface area (Å²) < 4.78 is 11.1. The van der Waals surface area contributed by atoms with Crippen LogP contribution >= 0.6 is 15.9 Å². The van der Waals surface area contributed by atoms with Crippen LogP contribution in [-0.2, 0) is 0 Å². The average molecular weight is 358 g/mol. The number of benzene rings is 1. The zero-order valence-electron chi connectivity index (χ0n) is 12.1. The fraction of sp³-hybridized carbons (Fsp3) is 0.600. The fourth-order valence-electron chi connectivity index (χ4n) is 2.74. The van der Waals surface area contributed by atoms with Crippen molar-refractivity contribution in [2.24, 2.45) is 5.41 Å². The molecule has 5 nitrogen and oxygen atoms in total. The van der Waals surface area contributed by atoms with E-state index in [4.69, 9.17) is 9.47 Å². The minimum absolute atomic E-state index is 0.0161. The largest absolute Gasteiger partial charge is 0.493 e. The molecule has 0 spiro atoms. The first-order valence-electron chi connectivity index (χ1n) is 7.11. The van der Waals surface area contributed by atoms with Gasteiger partial charge in [-0.1, -0.05) is 35.2 Å². The van der Waals surface area contributed by atoms with Crippen LogP contribution in [0, 0.1) is 15.5 Å². The molecule has 0 N–H and O–H groups in total. The molecular formula is C15H20BrNO4. The maximum Gasteiger partial charge on any atom is 0.273 e. The Kier molecular flexibility index (Phi) is 5.45. The topological polar surface area (TPSA) is 61.6 Å². The molecule has 0 amide bonds. The first kappa shape index (κ1) is 16.1. The SMILES string of the molecule is COc1ccc([N+](=O)[O-])cc1OCC1(CBr)CCCCC1. The van der Waals surface area contributed by atoms with Crippen LogP contribution in [0.2, 0.25) is 0 Å². The summed E-state index contributed by atoms with van der Waals surface area (Å²) in [5.41, 5.74) is 0.135. The quantitative estimate of drug-likeness (QED) is 0.431. The summed E-state index contributed by atoms with van der Waals surface area (Å²) in [4.78, 5) is 10.5. The summed E-state index contributed by atoms with van der Waals surface area (Å²) in [6.45, 7) is 0.551. The molecule has 116 valence electrons. The average Bonchev–Trinajstić information content (AvgIpc) is 2.53. The van der Waals surface area contributed by atoms with E-state index in [1.165, 1.54) is 38.5 Å². The summed E-state index contributed by atoms with van der Waals surface area (Å²) in [5.74, 6) is 0.971. The number of rotatable bonds is 6. The number of hydrogen-bond acceptors (Lipinski definition) is 4. The van der Waals surface area contributed by atoms with E-state index in [1.54, 1.807) is 6.07 Å². The highest BCUT2D eigenvalue weighted by Crippen LogP contribution is 2.40. The first-order valence-corrected chi connectivity index (χ1v) is 8.23. The molecule has 21 heavy (non-hydrogen) atoms. The van der Waals surface area contributed by atoms with Gasteiger partial charge < -0.3 is 9.47 Å². The smallest absolute Gasteiger partial charge is 0.273 e. The molecule has 0 radical (unpaired) electrons. The van der Waals surface area contributed by atoms with Crippen molar-refractivity contribution in [3.05, 3.63) is 28.3 Å². The van der Waals surface area contributed by atoms with Gasteiger partial charge in [0.05, 0.1) is 24.7 Å². The number of alkyl halides is 1. The fourth-order valence-corrected chi connectivity index (χ4v) is 3.46. The Morgan fingerprint density at radius 3 is 2.57 bits per heavy atom. The van der Waals surface area contributed by atoms with E-state index < -0.39 is 4.92 Å². The predicted octanol–water partition coefficient (Wildman–Crippen LogP) is 4.33. The summed E-state index contributed by atoms with van der Waals surface area (Å²) in [6, 6.07) is 4.44. The molecule has 0 unspecified atom stereocenters. The van der Waals surface area contributed by atoms with Gasteiger partial charge in [0.2, 0.25) is 0 Å². The monoisotopic (exact) mass is 357 g/mol. The molecule has 2 rings (SSSR count). The number of halogens is 1. The maximum atomic E-state index is 10.9. The van der Waals surface area contributed by atoms with Crippen molar-refractivity contribution in [2.75, 3.05) is 19.0 Å². The number of nitro benzene ring substituents is 1. The number of methoxy groups -OCH3 is 1. The molecular weight excluding hydrogens is 338 g/mol. The van der Waals surface area contributed by atoms with E-state index in [9.17, 15) is 10.1 Å². The normalized spacial score (nSPS) is 17.2. The Labute approximate surface area is 132 Å². The molecule has 0 bridgehead atoms. The molecule has 0 aliphatic heterocycles. The maximum absolute atomic E-state index is 10.9. The third-order valence-electron chi connectivity index (χ3n) is 4.09. The highest BCUT2D eigenvalue weighted by molar-refractivity contribution is 9.09. The second kappa shape index (κ2) is 7.11. The van der Waals surface area contributed by atoms with Gasteiger partial charge in [0, 0.05) is 16.8 Å². The van der Waals surface area contributed by atoms with Crippen LogP contribution in [0.4, 0.5) is 5.69 Å². The minimum Gasteiger partial charge on any atom is -0.493 e. The van der Waals surface area contributed by atoms with E-state index in [2.05, 4.69) is 15.9 Å². The molecule has 0 aromatic heterocycles. The number of nitrogens with zero attached hydrogens (tertiary/aromatic N) is 1. The number of non-ortho nitro benzene ring substituents is 1. The van der Waals surface area contributed by atoms with Crippen molar-refractivity contribution in [1.29, 1.82) is 0 Å². The van der Waals surface area contributed by atoms with Gasteiger partial charge in [-0.2, -0.15) is 0 Å². The van der Waals surface area contributed by atoms with Gasteiger partial charge in [-0.05, 0) is 18.9 Å². The van der Waals surface area contributed by atoms with Crippen LogP contribution in [0.1, 0.15) is 32.1 Å². The highest BCUT2D eigenvalue weighted by Gasteiger charge is 2.32. The predicted molar refractivity (Wildman–Crippen MR) is 84.5 cm³/mol. The van der Waals surface area contributed by atoms with Gasteiger partial charge in [0.25, 0.3) is 5.69 Å². The molecule has 1 aliphatic rings. The van der Waals surface area contributed by atoms with Crippen LogP contribution in [-0.4, -0.2) is 24.0 Å². The van der Waals surface area contributed by atoms with Gasteiger partial charge >= 0.3 is 0 Å². The molecule has 1 aliphatic carbocycles. The minimum atomic E-state index is -0.423. The molecule has 6 heteroatoms. The number of ether oxygens (including phenoxy) is 2. The Morgan fingerprint density at radius 2 is 2.00 bits per heavy atom. The third kappa shape index (κ3) is 3.87. The lowest BCUT2D eigenvalue weighted by atomic mass is 9.76. The van der Waals surface area contributed by atoms with Crippen LogP contribution in [0.15, 0.2) is 18.2 Å². The van der Waals surface area contributed by atoms with Crippen molar-refractivity contribution in [3.8, 4) is 11.5 Å². The number of hydrogen-bond donors (Lipinski definition) is 0. The van der Waals surface area contributed by atoms with Crippen LogP contribution in [0.3, 0.4) is 0 Å². The second-order valence-electron chi connectivity index (χ2n) is 5.58. The molecule has 1 saturated carbocycles. The van der Waals surface area contributed by atoms with E-state index in [1.807, 2.05) is 0 Å². The van der Waals surface area contributed by atoms with Gasteiger partial charge in [-0.15, -0.1) is 0 Å². The number of nitro groups is 1. The van der Waals surface area contributed by atoms with Crippen LogP contribution in [0.25, 0.3) is 0 Å². The summed E-state index contributed by atoms with van der Waals surface area (Å²) in [5, 5.41) is 11.8. The second-order valence-corrected chi connectivity index (χ2v) is 6.14. The lowest BCUT2D eigenvalue weighted by Crippen LogP contribution is -2.32. The van der Waals surface area contributed by atoms with Crippen LogP contribution in [0.5, 0.6) is 11.5 Å². The highest BCUT2D eigenvalue weighted by atomic mass is 79.9. The van der Waals surface area contributed by atoms with Gasteiger partial charge in [0.1, 0.15) is 0 Å². The van der Waals surface area contributed by atoms with Crippen LogP contribution < -0.4 is 9.47 Å². The van der Waals surface area contributed by atoms with Crippen molar-refractivity contribution in [1.82, 2.24) is 0 Å². The van der Waals surface area contributed by atoms with E-state index >= 15 is 0 Å².